The van der Waals surface area contributed by atoms with Crippen LogP contribution in [0.25, 0.3) is 0 Å². The molecule has 98 valence electrons. The van der Waals surface area contributed by atoms with Gasteiger partial charge in [-0.2, -0.15) is 0 Å². The summed E-state index contributed by atoms with van der Waals surface area (Å²) in [6.07, 6.45) is 0. The van der Waals surface area contributed by atoms with E-state index < -0.39 is 16.4 Å². The number of nitrogens with one attached hydrogen (secondary N) is 1. The minimum atomic E-state index is -0.626. The zero-order chi connectivity index (χ0) is 14.1. The maximum absolute atomic E-state index is 11.9. The highest BCUT2D eigenvalue weighted by molar-refractivity contribution is 6.34. The number of nitrogens with zero attached hydrogens (tertiary/aromatic N) is 1. The highest BCUT2D eigenvalue weighted by Gasteiger charge is 2.21. The number of nitrogens with two attached hydrogens (primary N) is 1. The average molecular weight is 272 g/mol. The van der Waals surface area contributed by atoms with E-state index in [9.17, 15) is 14.9 Å². The molecule has 1 amide bonds. The highest BCUT2D eigenvalue weighted by Crippen LogP contribution is 2.29. The number of rotatable bonds is 2. The first-order chi connectivity index (χ1) is 8.11. The minimum absolute atomic E-state index is 0.00382. The summed E-state index contributed by atoms with van der Waals surface area (Å²) >= 11 is 5.77. The number of carbonyl (C=O) groups excluding carboxylic acids is 1. The third-order valence-corrected chi connectivity index (χ3v) is 2.37. The predicted octanol–water partition coefficient (Wildman–Crippen LogP) is 2.36. The second kappa shape index (κ2) is 4.81. The molecule has 6 nitrogen and oxygen atoms in total. The number of hydrogen-bond donors (Lipinski definition) is 2. The van der Waals surface area contributed by atoms with Crippen molar-refractivity contribution in [1.82, 2.24) is 5.32 Å². The van der Waals surface area contributed by atoms with E-state index in [4.69, 9.17) is 17.3 Å². The number of anilines is 1. The van der Waals surface area contributed by atoms with Crippen molar-refractivity contribution in [3.8, 4) is 0 Å². The molecule has 18 heavy (non-hydrogen) atoms. The van der Waals surface area contributed by atoms with Gasteiger partial charge in [-0.25, -0.2) is 0 Å². The first-order valence-electron chi connectivity index (χ1n) is 5.18. The summed E-state index contributed by atoms with van der Waals surface area (Å²) in [7, 11) is 0. The molecule has 0 radical (unpaired) electrons. The van der Waals surface area contributed by atoms with E-state index in [0.717, 1.165) is 12.1 Å². The number of hydrogen-bond acceptors (Lipinski definition) is 4. The fourth-order valence-electron chi connectivity index (χ4n) is 1.30. The van der Waals surface area contributed by atoms with Crippen LogP contribution in [0.2, 0.25) is 5.02 Å². The van der Waals surface area contributed by atoms with Crippen molar-refractivity contribution in [2.45, 2.75) is 26.3 Å². The van der Waals surface area contributed by atoms with Gasteiger partial charge in [-0.3, -0.25) is 14.9 Å². The molecule has 0 spiro atoms. The Labute approximate surface area is 109 Å². The molecule has 0 bridgehead atoms. The van der Waals surface area contributed by atoms with Gasteiger partial charge < -0.3 is 11.1 Å². The predicted molar refractivity (Wildman–Crippen MR) is 69.7 cm³/mol. The van der Waals surface area contributed by atoms with Crippen LogP contribution in [0.3, 0.4) is 0 Å². The van der Waals surface area contributed by atoms with Gasteiger partial charge in [-0.05, 0) is 20.8 Å². The quantitative estimate of drug-likeness (QED) is 0.490. The number of carbonyl (C=O) groups is 1. The Morgan fingerprint density at radius 2 is 2.00 bits per heavy atom. The number of nitrogen functional groups attached to an aromatic ring is 1. The van der Waals surface area contributed by atoms with Crippen LogP contribution in [-0.4, -0.2) is 16.4 Å². The third kappa shape index (κ3) is 3.33. The fraction of sp³-hybridized carbons (Fsp3) is 0.364. The smallest absolute Gasteiger partial charge is 0.271 e. The molecule has 0 saturated carbocycles. The molecule has 0 unspecified atom stereocenters. The number of benzene rings is 1. The Kier molecular flexibility index (Phi) is 3.81. The molecule has 1 aromatic rings. The van der Waals surface area contributed by atoms with E-state index in [1.807, 2.05) is 0 Å². The molecule has 0 heterocycles. The zero-order valence-electron chi connectivity index (χ0n) is 10.3. The van der Waals surface area contributed by atoms with Gasteiger partial charge >= 0.3 is 0 Å². The van der Waals surface area contributed by atoms with E-state index in [0.29, 0.717) is 0 Å². The van der Waals surface area contributed by atoms with E-state index in [1.165, 1.54) is 0 Å². The second-order valence-electron chi connectivity index (χ2n) is 4.85. The Bertz CT molecular complexity index is 509. The molecule has 0 aliphatic heterocycles. The van der Waals surface area contributed by atoms with Gasteiger partial charge in [0.15, 0.2) is 0 Å². The standard InChI is InChI=1S/C11H14ClN3O3/c1-11(2,3)14-10(16)7-4-6(15(17)18)5-8(12)9(7)13/h4-5H,13H2,1-3H3,(H,14,16). The first-order valence-corrected chi connectivity index (χ1v) is 5.55. The van der Waals surface area contributed by atoms with Gasteiger partial charge in [0.25, 0.3) is 11.6 Å². The number of non-ortho nitro benzene ring substituents is 1. The van der Waals surface area contributed by atoms with Crippen LogP contribution < -0.4 is 11.1 Å². The highest BCUT2D eigenvalue weighted by atomic mass is 35.5. The largest absolute Gasteiger partial charge is 0.397 e. The van der Waals surface area contributed by atoms with E-state index in [2.05, 4.69) is 5.32 Å². The summed E-state index contributed by atoms with van der Waals surface area (Å²) < 4.78 is 0. The molecule has 1 aromatic carbocycles. The lowest BCUT2D eigenvalue weighted by Gasteiger charge is -2.21. The van der Waals surface area contributed by atoms with E-state index in [1.54, 1.807) is 20.8 Å². The topological polar surface area (TPSA) is 98.3 Å². The van der Waals surface area contributed by atoms with Crippen molar-refractivity contribution < 1.29 is 9.72 Å². The van der Waals surface area contributed by atoms with Crippen molar-refractivity contribution >= 4 is 28.9 Å². The summed E-state index contributed by atoms with van der Waals surface area (Å²) in [4.78, 5) is 22.0. The average Bonchev–Trinajstić information content (AvgIpc) is 2.18. The van der Waals surface area contributed by atoms with Crippen LogP contribution in [0.5, 0.6) is 0 Å². The van der Waals surface area contributed by atoms with E-state index >= 15 is 0 Å². The third-order valence-electron chi connectivity index (χ3n) is 2.06. The molecule has 0 atom stereocenters. The molecular weight excluding hydrogens is 258 g/mol. The van der Waals surface area contributed by atoms with Crippen molar-refractivity contribution in [3.05, 3.63) is 32.8 Å². The van der Waals surface area contributed by atoms with Crippen molar-refractivity contribution in [2.75, 3.05) is 5.73 Å². The van der Waals surface area contributed by atoms with Crippen LogP contribution >= 0.6 is 11.6 Å². The molecule has 7 heteroatoms. The summed E-state index contributed by atoms with van der Waals surface area (Å²) in [6, 6.07) is 2.23. The molecule has 0 aliphatic rings. The second-order valence-corrected chi connectivity index (χ2v) is 5.26. The van der Waals surface area contributed by atoms with Crippen LogP contribution in [0, 0.1) is 10.1 Å². The minimum Gasteiger partial charge on any atom is -0.397 e. The van der Waals surface area contributed by atoms with Crippen molar-refractivity contribution in [2.24, 2.45) is 0 Å². The van der Waals surface area contributed by atoms with Crippen LogP contribution in [-0.2, 0) is 0 Å². The van der Waals surface area contributed by atoms with Crippen LogP contribution in [0.1, 0.15) is 31.1 Å². The molecule has 0 fully saturated rings. The fourth-order valence-corrected chi connectivity index (χ4v) is 1.52. The summed E-state index contributed by atoms with van der Waals surface area (Å²) in [5.41, 5.74) is 4.95. The number of amides is 1. The Hall–Kier alpha value is -1.82. The van der Waals surface area contributed by atoms with Gasteiger partial charge in [0, 0.05) is 17.7 Å². The Morgan fingerprint density at radius 3 is 2.44 bits per heavy atom. The van der Waals surface area contributed by atoms with Gasteiger partial charge in [0.05, 0.1) is 21.2 Å². The lowest BCUT2D eigenvalue weighted by Crippen LogP contribution is -2.40. The van der Waals surface area contributed by atoms with Gasteiger partial charge in [0.2, 0.25) is 0 Å². The summed E-state index contributed by atoms with van der Waals surface area (Å²) in [5.74, 6) is -0.495. The zero-order valence-corrected chi connectivity index (χ0v) is 11.0. The van der Waals surface area contributed by atoms with Crippen molar-refractivity contribution in [3.63, 3.8) is 0 Å². The van der Waals surface area contributed by atoms with E-state index in [-0.39, 0.29) is 22.0 Å². The number of halogens is 1. The molecule has 0 aromatic heterocycles. The molecular formula is C11H14ClN3O3. The SMILES string of the molecule is CC(C)(C)NC(=O)c1cc([N+](=O)[O-])cc(Cl)c1N. The van der Waals surface area contributed by atoms with Gasteiger partial charge in [0.1, 0.15) is 0 Å². The molecule has 0 saturated heterocycles. The van der Waals surface area contributed by atoms with Gasteiger partial charge in [-0.1, -0.05) is 11.6 Å². The maximum Gasteiger partial charge on any atom is 0.271 e. The summed E-state index contributed by atoms with van der Waals surface area (Å²) in [6.45, 7) is 5.38. The maximum atomic E-state index is 11.9. The van der Waals surface area contributed by atoms with Crippen molar-refractivity contribution in [1.29, 1.82) is 0 Å². The first kappa shape index (κ1) is 14.2. The normalized spacial score (nSPS) is 11.1. The summed E-state index contributed by atoms with van der Waals surface area (Å²) in [5, 5.41) is 13.4. The molecule has 1 rings (SSSR count). The molecule has 3 N–H and O–H groups in total. The number of nitro benzene ring substituents is 1. The molecule has 0 aliphatic carbocycles. The number of nitro groups is 1. The van der Waals surface area contributed by atoms with Gasteiger partial charge in [-0.15, -0.1) is 0 Å². The lowest BCUT2D eigenvalue weighted by molar-refractivity contribution is -0.384. The van der Waals surface area contributed by atoms with Crippen LogP contribution in [0.15, 0.2) is 12.1 Å². The Balaban J connectivity index is 3.23. The van der Waals surface area contributed by atoms with Crippen LogP contribution in [0.4, 0.5) is 11.4 Å². The monoisotopic (exact) mass is 271 g/mol. The Morgan fingerprint density at radius 1 is 1.44 bits per heavy atom. The lowest BCUT2D eigenvalue weighted by atomic mass is 10.1.